The molecule has 3 rings (SSSR count). The second-order valence-corrected chi connectivity index (χ2v) is 7.84. The lowest BCUT2D eigenvalue weighted by Crippen LogP contribution is -2.30. The largest absolute Gasteiger partial charge is 0.477 e. The molecule has 0 fully saturated rings. The standard InChI is InChI=1S/C15H15NO4S2/c17-15(18)14-8-11(9-21-14)22(19,20)16-13-7-3-5-10-4-1-2-6-12(10)13/h1-2,4,6,8-9,13,16H,3,5,7H2,(H,17,18). The van der Waals surface area contributed by atoms with Crippen molar-refractivity contribution in [2.24, 2.45) is 0 Å². The van der Waals surface area contributed by atoms with Gasteiger partial charge in [0.05, 0.1) is 4.90 Å². The second kappa shape index (κ2) is 5.83. The fourth-order valence-corrected chi connectivity index (χ4v) is 5.06. The number of benzene rings is 1. The quantitative estimate of drug-likeness (QED) is 0.898. The zero-order valence-electron chi connectivity index (χ0n) is 11.7. The van der Waals surface area contributed by atoms with Crippen molar-refractivity contribution < 1.29 is 18.3 Å². The maximum absolute atomic E-state index is 12.4. The first-order valence-corrected chi connectivity index (χ1v) is 9.25. The highest BCUT2D eigenvalue weighted by atomic mass is 32.2. The topological polar surface area (TPSA) is 83.5 Å². The molecule has 0 radical (unpaired) electrons. The van der Waals surface area contributed by atoms with Crippen molar-refractivity contribution in [3.63, 3.8) is 0 Å². The van der Waals surface area contributed by atoms with Crippen LogP contribution in [-0.2, 0) is 16.4 Å². The normalized spacial score (nSPS) is 17.9. The molecule has 1 aromatic carbocycles. The molecule has 0 spiro atoms. The minimum absolute atomic E-state index is 0.0120. The van der Waals surface area contributed by atoms with E-state index in [9.17, 15) is 13.2 Å². The van der Waals surface area contributed by atoms with Crippen LogP contribution in [0.5, 0.6) is 0 Å². The van der Waals surface area contributed by atoms with Gasteiger partial charge in [-0.2, -0.15) is 0 Å². The van der Waals surface area contributed by atoms with E-state index in [4.69, 9.17) is 5.11 Å². The van der Waals surface area contributed by atoms with Crippen LogP contribution in [0.3, 0.4) is 0 Å². The number of aromatic carboxylic acids is 1. The van der Waals surface area contributed by atoms with E-state index in [0.29, 0.717) is 0 Å². The Bertz CT molecular complexity index is 810. The Morgan fingerprint density at radius 1 is 1.32 bits per heavy atom. The Labute approximate surface area is 132 Å². The average molecular weight is 337 g/mol. The number of carboxylic acids is 1. The Balaban J connectivity index is 1.87. The predicted octanol–water partition coefficient (Wildman–Crippen LogP) is 2.80. The van der Waals surface area contributed by atoms with Gasteiger partial charge in [-0.05, 0) is 36.5 Å². The monoisotopic (exact) mass is 337 g/mol. The zero-order valence-corrected chi connectivity index (χ0v) is 13.3. The molecule has 5 nitrogen and oxygen atoms in total. The first-order valence-electron chi connectivity index (χ1n) is 6.89. The van der Waals surface area contributed by atoms with E-state index >= 15 is 0 Å². The van der Waals surface area contributed by atoms with Gasteiger partial charge in [0.1, 0.15) is 4.88 Å². The lowest BCUT2D eigenvalue weighted by Gasteiger charge is -2.25. The van der Waals surface area contributed by atoms with Crippen molar-refractivity contribution >= 4 is 27.3 Å². The molecule has 22 heavy (non-hydrogen) atoms. The summed E-state index contributed by atoms with van der Waals surface area (Å²) in [5, 5.41) is 10.3. The number of carbonyl (C=O) groups is 1. The molecular weight excluding hydrogens is 322 g/mol. The van der Waals surface area contributed by atoms with Crippen LogP contribution in [0.25, 0.3) is 0 Å². The van der Waals surface area contributed by atoms with E-state index in [1.807, 2.05) is 24.3 Å². The van der Waals surface area contributed by atoms with Gasteiger partial charge < -0.3 is 5.11 Å². The van der Waals surface area contributed by atoms with Crippen molar-refractivity contribution in [3.05, 3.63) is 51.7 Å². The average Bonchev–Trinajstić information content (AvgIpc) is 2.98. The summed E-state index contributed by atoms with van der Waals surface area (Å²) >= 11 is 0.913. The molecule has 0 saturated heterocycles. The highest BCUT2D eigenvalue weighted by Gasteiger charge is 2.26. The number of nitrogens with one attached hydrogen (secondary N) is 1. The molecule has 0 amide bonds. The van der Waals surface area contributed by atoms with Crippen LogP contribution in [0.4, 0.5) is 0 Å². The number of hydrogen-bond acceptors (Lipinski definition) is 4. The number of fused-ring (bicyclic) bond motifs is 1. The van der Waals surface area contributed by atoms with E-state index in [2.05, 4.69) is 4.72 Å². The first-order chi connectivity index (χ1) is 10.5. The van der Waals surface area contributed by atoms with Gasteiger partial charge in [-0.1, -0.05) is 24.3 Å². The molecule has 1 heterocycles. The predicted molar refractivity (Wildman–Crippen MR) is 83.7 cm³/mol. The van der Waals surface area contributed by atoms with Crippen LogP contribution in [-0.4, -0.2) is 19.5 Å². The van der Waals surface area contributed by atoms with Gasteiger partial charge >= 0.3 is 5.97 Å². The molecule has 1 aliphatic rings. The smallest absolute Gasteiger partial charge is 0.345 e. The van der Waals surface area contributed by atoms with Crippen molar-refractivity contribution in [2.75, 3.05) is 0 Å². The third-order valence-electron chi connectivity index (χ3n) is 3.76. The maximum atomic E-state index is 12.4. The molecule has 0 saturated carbocycles. The summed E-state index contributed by atoms with van der Waals surface area (Å²) in [4.78, 5) is 10.9. The fraction of sp³-hybridized carbons (Fsp3) is 0.267. The van der Waals surface area contributed by atoms with Gasteiger partial charge in [0, 0.05) is 11.4 Å². The third kappa shape index (κ3) is 2.92. The van der Waals surface area contributed by atoms with E-state index < -0.39 is 16.0 Å². The van der Waals surface area contributed by atoms with Gasteiger partial charge in [-0.3, -0.25) is 0 Å². The first kappa shape index (κ1) is 15.2. The van der Waals surface area contributed by atoms with E-state index in [0.717, 1.165) is 41.7 Å². The van der Waals surface area contributed by atoms with Gasteiger partial charge in [0.25, 0.3) is 0 Å². The van der Waals surface area contributed by atoms with Crippen LogP contribution < -0.4 is 4.72 Å². The number of carboxylic acid groups (broad SMARTS) is 1. The number of aryl methyl sites for hydroxylation is 1. The van der Waals surface area contributed by atoms with Gasteiger partial charge in [-0.15, -0.1) is 11.3 Å². The van der Waals surface area contributed by atoms with Crippen LogP contribution in [0, 0.1) is 0 Å². The van der Waals surface area contributed by atoms with Crippen molar-refractivity contribution in [1.82, 2.24) is 4.72 Å². The van der Waals surface area contributed by atoms with Crippen LogP contribution in [0.1, 0.15) is 39.7 Å². The van der Waals surface area contributed by atoms with Crippen molar-refractivity contribution in [1.29, 1.82) is 0 Å². The third-order valence-corrected chi connectivity index (χ3v) is 6.28. The lowest BCUT2D eigenvalue weighted by atomic mass is 9.88. The summed E-state index contributed by atoms with van der Waals surface area (Å²) < 4.78 is 27.6. The molecule has 1 unspecified atom stereocenters. The van der Waals surface area contributed by atoms with Crippen molar-refractivity contribution in [3.8, 4) is 0 Å². The lowest BCUT2D eigenvalue weighted by molar-refractivity contribution is 0.0702. The zero-order chi connectivity index (χ0) is 15.7. The molecule has 2 N–H and O–H groups in total. The number of sulfonamides is 1. The molecule has 0 aliphatic heterocycles. The summed E-state index contributed by atoms with van der Waals surface area (Å²) in [6, 6.07) is 8.75. The Morgan fingerprint density at radius 2 is 2.09 bits per heavy atom. The van der Waals surface area contributed by atoms with Crippen LogP contribution >= 0.6 is 11.3 Å². The van der Waals surface area contributed by atoms with E-state index in [1.165, 1.54) is 11.4 Å². The number of thiophene rings is 1. The summed E-state index contributed by atoms with van der Waals surface area (Å²) in [6.45, 7) is 0. The van der Waals surface area contributed by atoms with Gasteiger partial charge in [0.2, 0.25) is 10.0 Å². The Morgan fingerprint density at radius 3 is 2.82 bits per heavy atom. The minimum Gasteiger partial charge on any atom is -0.477 e. The maximum Gasteiger partial charge on any atom is 0.345 e. The summed E-state index contributed by atoms with van der Waals surface area (Å²) in [5.74, 6) is -1.12. The molecule has 1 atom stereocenters. The van der Waals surface area contributed by atoms with Crippen LogP contribution in [0.15, 0.2) is 40.6 Å². The van der Waals surface area contributed by atoms with E-state index in [-0.39, 0.29) is 15.8 Å². The summed E-state index contributed by atoms with van der Waals surface area (Å²) in [6.07, 6.45) is 2.62. The van der Waals surface area contributed by atoms with Crippen LogP contribution in [0.2, 0.25) is 0 Å². The van der Waals surface area contributed by atoms with Crippen molar-refractivity contribution in [2.45, 2.75) is 30.2 Å². The Hall–Kier alpha value is -1.70. The number of hydrogen-bond donors (Lipinski definition) is 2. The molecule has 1 aliphatic carbocycles. The fourth-order valence-electron chi connectivity index (χ4n) is 2.70. The molecule has 1 aromatic heterocycles. The number of rotatable bonds is 4. The highest BCUT2D eigenvalue weighted by molar-refractivity contribution is 7.89. The molecule has 0 bridgehead atoms. The van der Waals surface area contributed by atoms with E-state index in [1.54, 1.807) is 0 Å². The minimum atomic E-state index is -3.72. The SMILES string of the molecule is O=C(O)c1cc(S(=O)(=O)NC2CCCc3ccccc32)cs1. The summed E-state index contributed by atoms with van der Waals surface area (Å²) in [5.41, 5.74) is 2.17. The Kier molecular flexibility index (Phi) is 4.03. The molecule has 7 heteroatoms. The molecular formula is C15H15NO4S2. The highest BCUT2D eigenvalue weighted by Crippen LogP contribution is 2.31. The van der Waals surface area contributed by atoms with Gasteiger partial charge in [0.15, 0.2) is 0 Å². The second-order valence-electron chi connectivity index (χ2n) is 5.22. The molecule has 116 valence electrons. The molecule has 2 aromatic rings. The van der Waals surface area contributed by atoms with Gasteiger partial charge in [-0.25, -0.2) is 17.9 Å². The summed E-state index contributed by atoms with van der Waals surface area (Å²) in [7, 11) is -3.72.